The number of carbonyl (C=O) groups is 2. The first-order valence-corrected chi connectivity index (χ1v) is 7.40. The van der Waals surface area contributed by atoms with Crippen molar-refractivity contribution in [2.45, 2.75) is 39.2 Å². The van der Waals surface area contributed by atoms with E-state index in [1.807, 2.05) is 9.80 Å². The van der Waals surface area contributed by atoms with E-state index in [-0.39, 0.29) is 18.4 Å². The molecule has 1 fully saturated rings. The second-order valence-corrected chi connectivity index (χ2v) is 5.21. The lowest BCUT2D eigenvalue weighted by Gasteiger charge is -2.33. The molecule has 0 aromatic heterocycles. The van der Waals surface area contributed by atoms with Crippen LogP contribution in [0.3, 0.4) is 0 Å². The third kappa shape index (κ3) is 5.88. The summed E-state index contributed by atoms with van der Waals surface area (Å²) in [5.41, 5.74) is 0. The number of nitrogens with zero attached hydrogens (tertiary/aromatic N) is 2. The molecule has 6 heteroatoms. The summed E-state index contributed by atoms with van der Waals surface area (Å²) in [5.74, 6) is -0.730. The molecule has 0 saturated carbocycles. The number of rotatable bonds is 8. The summed E-state index contributed by atoms with van der Waals surface area (Å²) < 4.78 is 5.41. The quantitative estimate of drug-likeness (QED) is 0.715. The molecule has 1 atom stereocenters. The van der Waals surface area contributed by atoms with Gasteiger partial charge in [-0.1, -0.05) is 13.8 Å². The van der Waals surface area contributed by atoms with Gasteiger partial charge in [0.25, 0.3) is 0 Å². The highest BCUT2D eigenvalue weighted by molar-refractivity contribution is 5.78. The van der Waals surface area contributed by atoms with Crippen molar-refractivity contribution in [1.29, 1.82) is 0 Å². The third-order valence-corrected chi connectivity index (χ3v) is 3.32. The second kappa shape index (κ2) is 8.92. The highest BCUT2D eigenvalue weighted by atomic mass is 16.5. The number of aliphatic carboxylic acids is 1. The van der Waals surface area contributed by atoms with Gasteiger partial charge in [-0.3, -0.25) is 14.5 Å². The molecule has 0 radical (unpaired) electrons. The fourth-order valence-electron chi connectivity index (χ4n) is 2.43. The molecule has 1 heterocycles. The van der Waals surface area contributed by atoms with Crippen LogP contribution in [0.15, 0.2) is 0 Å². The van der Waals surface area contributed by atoms with Crippen LogP contribution in [0.25, 0.3) is 0 Å². The Hall–Kier alpha value is -1.14. The third-order valence-electron chi connectivity index (χ3n) is 3.32. The van der Waals surface area contributed by atoms with E-state index < -0.39 is 5.97 Å². The lowest BCUT2D eigenvalue weighted by Crippen LogP contribution is -2.48. The van der Waals surface area contributed by atoms with E-state index >= 15 is 0 Å². The highest BCUT2D eigenvalue weighted by Gasteiger charge is 2.25. The van der Waals surface area contributed by atoms with E-state index in [4.69, 9.17) is 9.84 Å². The number of carboxylic acids is 1. The zero-order chi connectivity index (χ0) is 15.0. The maximum atomic E-state index is 12.2. The van der Waals surface area contributed by atoms with Crippen molar-refractivity contribution in [2.24, 2.45) is 0 Å². The summed E-state index contributed by atoms with van der Waals surface area (Å²) in [7, 11) is 0. The molecule has 20 heavy (non-hydrogen) atoms. The Balaban J connectivity index is 2.45. The normalized spacial score (nSPS) is 19.8. The summed E-state index contributed by atoms with van der Waals surface area (Å²) in [6.45, 7) is 7.76. The standard InChI is InChI=1S/C14H26N2O4/c1-3-5-16(6-4-2)13(17)11-15-7-8-20-12(10-15)9-14(18)19/h12H,3-11H2,1-2H3,(H,18,19). The molecule has 1 amide bonds. The Morgan fingerprint density at radius 1 is 1.30 bits per heavy atom. The number of carbonyl (C=O) groups excluding carboxylic acids is 1. The van der Waals surface area contributed by atoms with Crippen molar-refractivity contribution in [3.63, 3.8) is 0 Å². The minimum absolute atomic E-state index is 0.00166. The van der Waals surface area contributed by atoms with Gasteiger partial charge in [0.2, 0.25) is 5.91 Å². The Morgan fingerprint density at radius 2 is 1.95 bits per heavy atom. The van der Waals surface area contributed by atoms with Crippen molar-refractivity contribution in [3.8, 4) is 0 Å². The molecule has 0 aliphatic carbocycles. The first kappa shape index (κ1) is 16.9. The van der Waals surface area contributed by atoms with Crippen LogP contribution in [0.4, 0.5) is 0 Å². The van der Waals surface area contributed by atoms with E-state index in [9.17, 15) is 9.59 Å². The van der Waals surface area contributed by atoms with E-state index in [0.717, 1.165) is 25.9 Å². The second-order valence-electron chi connectivity index (χ2n) is 5.21. The lowest BCUT2D eigenvalue weighted by atomic mass is 10.2. The van der Waals surface area contributed by atoms with Gasteiger partial charge < -0.3 is 14.7 Å². The average molecular weight is 286 g/mol. The van der Waals surface area contributed by atoms with Crippen molar-refractivity contribution in [3.05, 3.63) is 0 Å². The van der Waals surface area contributed by atoms with Crippen molar-refractivity contribution in [1.82, 2.24) is 9.80 Å². The van der Waals surface area contributed by atoms with Gasteiger partial charge in [-0.15, -0.1) is 0 Å². The molecular weight excluding hydrogens is 260 g/mol. The van der Waals surface area contributed by atoms with Gasteiger partial charge in [0.05, 0.1) is 25.7 Å². The number of hydrogen-bond acceptors (Lipinski definition) is 4. The number of amides is 1. The molecule has 0 aromatic carbocycles. The number of ether oxygens (including phenoxy) is 1. The summed E-state index contributed by atoms with van der Waals surface area (Å²) in [5, 5.41) is 8.79. The zero-order valence-corrected chi connectivity index (χ0v) is 12.5. The molecular formula is C14H26N2O4. The van der Waals surface area contributed by atoms with Crippen molar-refractivity contribution >= 4 is 11.9 Å². The molecule has 1 aliphatic rings. The van der Waals surface area contributed by atoms with Crippen LogP contribution >= 0.6 is 0 Å². The van der Waals surface area contributed by atoms with E-state index in [0.29, 0.717) is 26.2 Å². The molecule has 1 unspecified atom stereocenters. The largest absolute Gasteiger partial charge is 0.481 e. The molecule has 116 valence electrons. The fraction of sp³-hybridized carbons (Fsp3) is 0.857. The van der Waals surface area contributed by atoms with Crippen LogP contribution in [0.1, 0.15) is 33.1 Å². The molecule has 0 aromatic rings. The first-order chi connectivity index (χ1) is 9.56. The first-order valence-electron chi connectivity index (χ1n) is 7.40. The minimum atomic E-state index is -0.859. The van der Waals surface area contributed by atoms with Crippen LogP contribution in [-0.2, 0) is 14.3 Å². The van der Waals surface area contributed by atoms with Crippen molar-refractivity contribution in [2.75, 3.05) is 39.3 Å². The van der Waals surface area contributed by atoms with Crippen LogP contribution < -0.4 is 0 Å². The van der Waals surface area contributed by atoms with Gasteiger partial charge in [0.1, 0.15) is 0 Å². The monoisotopic (exact) mass is 286 g/mol. The molecule has 1 aliphatic heterocycles. The van der Waals surface area contributed by atoms with Crippen LogP contribution in [0.2, 0.25) is 0 Å². The Labute approximate surface area is 120 Å². The van der Waals surface area contributed by atoms with Gasteiger partial charge in [0, 0.05) is 26.2 Å². The number of morpholine rings is 1. The van der Waals surface area contributed by atoms with Gasteiger partial charge in [-0.05, 0) is 12.8 Å². The lowest BCUT2D eigenvalue weighted by molar-refractivity contribution is -0.142. The SMILES string of the molecule is CCCN(CCC)C(=O)CN1CCOC(CC(=O)O)C1. The summed E-state index contributed by atoms with van der Waals surface area (Å²) in [6.07, 6.45) is 1.60. The summed E-state index contributed by atoms with van der Waals surface area (Å²) >= 11 is 0. The molecule has 1 N–H and O–H groups in total. The topological polar surface area (TPSA) is 70.1 Å². The highest BCUT2D eigenvalue weighted by Crippen LogP contribution is 2.09. The Bertz CT molecular complexity index is 316. The molecule has 6 nitrogen and oxygen atoms in total. The van der Waals surface area contributed by atoms with Crippen LogP contribution in [-0.4, -0.2) is 72.2 Å². The molecule has 0 spiro atoms. The fourth-order valence-corrected chi connectivity index (χ4v) is 2.43. The maximum absolute atomic E-state index is 12.2. The average Bonchev–Trinajstić information content (AvgIpc) is 2.38. The Morgan fingerprint density at radius 3 is 2.50 bits per heavy atom. The smallest absolute Gasteiger partial charge is 0.306 e. The minimum Gasteiger partial charge on any atom is -0.481 e. The molecule has 1 rings (SSSR count). The maximum Gasteiger partial charge on any atom is 0.306 e. The van der Waals surface area contributed by atoms with E-state index in [2.05, 4.69) is 13.8 Å². The zero-order valence-electron chi connectivity index (χ0n) is 12.5. The summed E-state index contributed by atoms with van der Waals surface area (Å²) in [6, 6.07) is 0. The van der Waals surface area contributed by atoms with Crippen LogP contribution in [0, 0.1) is 0 Å². The Kier molecular flexibility index (Phi) is 7.54. The number of carboxylic acid groups (broad SMARTS) is 1. The molecule has 0 bridgehead atoms. The van der Waals surface area contributed by atoms with Gasteiger partial charge >= 0.3 is 5.97 Å². The van der Waals surface area contributed by atoms with Gasteiger partial charge in [-0.2, -0.15) is 0 Å². The van der Waals surface area contributed by atoms with E-state index in [1.54, 1.807) is 0 Å². The van der Waals surface area contributed by atoms with E-state index in [1.165, 1.54) is 0 Å². The van der Waals surface area contributed by atoms with Gasteiger partial charge in [-0.25, -0.2) is 0 Å². The number of hydrogen-bond donors (Lipinski definition) is 1. The predicted octanol–water partition coefficient (Wildman–Crippen LogP) is 0.811. The summed E-state index contributed by atoms with van der Waals surface area (Å²) in [4.78, 5) is 26.8. The molecule has 1 saturated heterocycles. The van der Waals surface area contributed by atoms with Crippen molar-refractivity contribution < 1.29 is 19.4 Å². The predicted molar refractivity (Wildman–Crippen MR) is 75.6 cm³/mol. The van der Waals surface area contributed by atoms with Gasteiger partial charge in [0.15, 0.2) is 0 Å². The van der Waals surface area contributed by atoms with Crippen LogP contribution in [0.5, 0.6) is 0 Å².